The van der Waals surface area contributed by atoms with Crippen LogP contribution in [0.2, 0.25) is 0 Å². The van der Waals surface area contributed by atoms with Gasteiger partial charge in [0.2, 0.25) is 11.8 Å². The van der Waals surface area contributed by atoms with Crippen LogP contribution in [-0.4, -0.2) is 33.7 Å². The van der Waals surface area contributed by atoms with Crippen molar-refractivity contribution in [1.29, 1.82) is 0 Å². The maximum atomic E-state index is 13.2. The Morgan fingerprint density at radius 3 is 2.67 bits per heavy atom. The molecule has 3 aromatic rings. The summed E-state index contributed by atoms with van der Waals surface area (Å²) in [6.45, 7) is -0.132. The lowest BCUT2D eigenvalue weighted by atomic mass is 10.2. The van der Waals surface area contributed by atoms with Crippen molar-refractivity contribution in [3.8, 4) is 0 Å². The lowest BCUT2D eigenvalue weighted by Gasteiger charge is -2.14. The average molecular weight is 465 g/mol. The van der Waals surface area contributed by atoms with Gasteiger partial charge in [0, 0.05) is 29.5 Å². The lowest BCUT2D eigenvalue weighted by molar-refractivity contribution is -0.121. The molecular weight excluding hydrogens is 436 g/mol. The van der Waals surface area contributed by atoms with E-state index in [0.29, 0.717) is 22.4 Å². The standard InChI is InChI=1S/C25H28N4O3S/c1-33-19-10-6-9-18(15-19)27-24(31)16-29-22-12-5-4-11-20(22)28-21(25(29)32)13-14-23(30)26-17-7-2-3-8-17/h4-6,9-12,15,17H,2-3,7-8,13-14,16H2,1H3,(H,26,30)(H,27,31). The number of amides is 2. The van der Waals surface area contributed by atoms with Gasteiger partial charge < -0.3 is 10.6 Å². The molecule has 2 N–H and O–H groups in total. The predicted molar refractivity (Wildman–Crippen MR) is 132 cm³/mol. The van der Waals surface area contributed by atoms with Crippen LogP contribution in [0.3, 0.4) is 0 Å². The Kier molecular flexibility index (Phi) is 7.44. The molecule has 172 valence electrons. The van der Waals surface area contributed by atoms with Crippen LogP contribution in [0.15, 0.2) is 58.2 Å². The average Bonchev–Trinajstić information content (AvgIpc) is 3.33. The van der Waals surface area contributed by atoms with Gasteiger partial charge >= 0.3 is 0 Å². The zero-order valence-corrected chi connectivity index (χ0v) is 19.5. The molecule has 0 unspecified atom stereocenters. The van der Waals surface area contributed by atoms with E-state index in [-0.39, 0.29) is 42.8 Å². The Labute approximate surface area is 197 Å². The summed E-state index contributed by atoms with van der Waals surface area (Å²) >= 11 is 1.59. The van der Waals surface area contributed by atoms with Gasteiger partial charge in [0.15, 0.2) is 0 Å². The first-order valence-corrected chi connectivity index (χ1v) is 12.5. The van der Waals surface area contributed by atoms with Crippen LogP contribution in [0.4, 0.5) is 5.69 Å². The third-order valence-electron chi connectivity index (χ3n) is 5.88. The van der Waals surface area contributed by atoms with Gasteiger partial charge in [-0.1, -0.05) is 31.0 Å². The molecule has 1 aliphatic rings. The fraction of sp³-hybridized carbons (Fsp3) is 0.360. The third-order valence-corrected chi connectivity index (χ3v) is 6.61. The second kappa shape index (κ2) is 10.7. The lowest BCUT2D eigenvalue weighted by Crippen LogP contribution is -2.34. The van der Waals surface area contributed by atoms with Crippen molar-refractivity contribution in [2.45, 2.75) is 56.0 Å². The van der Waals surface area contributed by atoms with Crippen LogP contribution in [0.1, 0.15) is 37.8 Å². The number of fused-ring (bicyclic) bond motifs is 1. The SMILES string of the molecule is CSc1cccc(NC(=O)Cn2c(=O)c(CCC(=O)NC3CCCC3)nc3ccccc32)c1. The molecule has 1 saturated carbocycles. The Morgan fingerprint density at radius 1 is 1.09 bits per heavy atom. The van der Waals surface area contributed by atoms with Crippen molar-refractivity contribution < 1.29 is 9.59 Å². The molecule has 0 bridgehead atoms. The highest BCUT2D eigenvalue weighted by Crippen LogP contribution is 2.19. The van der Waals surface area contributed by atoms with Crippen LogP contribution in [-0.2, 0) is 22.6 Å². The maximum Gasteiger partial charge on any atom is 0.273 e. The van der Waals surface area contributed by atoms with Crippen molar-refractivity contribution in [1.82, 2.24) is 14.9 Å². The van der Waals surface area contributed by atoms with Crippen molar-refractivity contribution in [3.63, 3.8) is 0 Å². The molecule has 0 aliphatic heterocycles. The van der Waals surface area contributed by atoms with Gasteiger partial charge in [0.05, 0.1) is 11.0 Å². The molecule has 0 saturated heterocycles. The highest BCUT2D eigenvalue weighted by Gasteiger charge is 2.19. The number of para-hydroxylation sites is 2. The van der Waals surface area contributed by atoms with E-state index in [9.17, 15) is 14.4 Å². The molecule has 0 radical (unpaired) electrons. The number of anilines is 1. The summed E-state index contributed by atoms with van der Waals surface area (Å²) in [4.78, 5) is 43.9. The molecule has 0 spiro atoms. The molecule has 33 heavy (non-hydrogen) atoms. The number of hydrogen-bond donors (Lipinski definition) is 2. The van der Waals surface area contributed by atoms with E-state index in [1.54, 1.807) is 17.8 Å². The highest BCUT2D eigenvalue weighted by atomic mass is 32.2. The minimum absolute atomic E-state index is 0.0609. The van der Waals surface area contributed by atoms with Crippen LogP contribution in [0.25, 0.3) is 11.0 Å². The summed E-state index contributed by atoms with van der Waals surface area (Å²) in [6, 6.07) is 15.1. The van der Waals surface area contributed by atoms with E-state index < -0.39 is 0 Å². The third kappa shape index (κ3) is 5.82. The van der Waals surface area contributed by atoms with Gasteiger partial charge in [0.25, 0.3) is 5.56 Å². The fourth-order valence-electron chi connectivity index (χ4n) is 4.21. The van der Waals surface area contributed by atoms with Gasteiger partial charge in [-0.25, -0.2) is 4.98 Å². The Hall–Kier alpha value is -3.13. The number of thioether (sulfide) groups is 1. The molecule has 1 heterocycles. The van der Waals surface area contributed by atoms with E-state index in [1.165, 1.54) is 4.57 Å². The first kappa shape index (κ1) is 23.0. The Bertz CT molecular complexity index is 1220. The Balaban J connectivity index is 1.52. The molecule has 1 fully saturated rings. The van der Waals surface area contributed by atoms with E-state index in [1.807, 2.05) is 48.7 Å². The summed E-state index contributed by atoms with van der Waals surface area (Å²) in [6.07, 6.45) is 6.73. The minimum atomic E-state index is -0.338. The van der Waals surface area contributed by atoms with Gasteiger partial charge in [-0.2, -0.15) is 0 Å². The number of benzene rings is 2. The number of carbonyl (C=O) groups excluding carboxylic acids is 2. The zero-order valence-electron chi connectivity index (χ0n) is 18.7. The predicted octanol–water partition coefficient (Wildman–Crippen LogP) is 3.75. The van der Waals surface area contributed by atoms with Crippen LogP contribution in [0.5, 0.6) is 0 Å². The number of hydrogen-bond acceptors (Lipinski definition) is 5. The number of nitrogens with one attached hydrogen (secondary N) is 2. The van der Waals surface area contributed by atoms with Crippen molar-refractivity contribution >= 4 is 40.3 Å². The molecule has 2 amide bonds. The second-order valence-electron chi connectivity index (χ2n) is 8.27. The largest absolute Gasteiger partial charge is 0.353 e. The van der Waals surface area contributed by atoms with Crippen molar-refractivity contribution in [2.75, 3.05) is 11.6 Å². The summed E-state index contributed by atoms with van der Waals surface area (Å²) in [7, 11) is 0. The number of nitrogens with zero attached hydrogens (tertiary/aromatic N) is 2. The van der Waals surface area contributed by atoms with Crippen molar-refractivity contribution in [3.05, 3.63) is 64.6 Å². The second-order valence-corrected chi connectivity index (χ2v) is 9.15. The van der Waals surface area contributed by atoms with E-state index >= 15 is 0 Å². The molecule has 7 nitrogen and oxygen atoms in total. The van der Waals surface area contributed by atoms with Crippen LogP contribution in [0, 0.1) is 0 Å². The summed E-state index contributed by atoms with van der Waals surface area (Å²) in [5.41, 5.74) is 1.86. The smallest absolute Gasteiger partial charge is 0.273 e. The van der Waals surface area contributed by atoms with Gasteiger partial charge in [-0.15, -0.1) is 11.8 Å². The van der Waals surface area contributed by atoms with Gasteiger partial charge in [0.1, 0.15) is 12.2 Å². The molecule has 8 heteroatoms. The molecular formula is C25H28N4O3S. The summed E-state index contributed by atoms with van der Waals surface area (Å²) < 4.78 is 1.44. The van der Waals surface area contributed by atoms with Gasteiger partial charge in [-0.3, -0.25) is 19.0 Å². The minimum Gasteiger partial charge on any atom is -0.353 e. The summed E-state index contributed by atoms with van der Waals surface area (Å²) in [5.74, 6) is -0.356. The van der Waals surface area contributed by atoms with Crippen molar-refractivity contribution in [2.24, 2.45) is 0 Å². The number of aromatic nitrogens is 2. The topological polar surface area (TPSA) is 93.1 Å². The number of aryl methyl sites for hydroxylation is 1. The number of rotatable bonds is 8. The molecule has 1 aliphatic carbocycles. The molecule has 0 atom stereocenters. The molecule has 4 rings (SSSR count). The quantitative estimate of drug-likeness (QED) is 0.495. The maximum absolute atomic E-state index is 13.2. The van der Waals surface area contributed by atoms with Crippen LogP contribution < -0.4 is 16.2 Å². The monoisotopic (exact) mass is 464 g/mol. The number of carbonyl (C=O) groups is 2. The first-order valence-electron chi connectivity index (χ1n) is 11.2. The van der Waals surface area contributed by atoms with E-state index in [4.69, 9.17) is 0 Å². The van der Waals surface area contributed by atoms with E-state index in [0.717, 1.165) is 30.6 Å². The summed E-state index contributed by atoms with van der Waals surface area (Å²) in [5, 5.41) is 5.92. The first-order chi connectivity index (χ1) is 16.0. The zero-order chi connectivity index (χ0) is 23.2. The van der Waals surface area contributed by atoms with Crippen LogP contribution >= 0.6 is 11.8 Å². The van der Waals surface area contributed by atoms with E-state index in [2.05, 4.69) is 15.6 Å². The fourth-order valence-corrected chi connectivity index (χ4v) is 4.67. The van der Waals surface area contributed by atoms with Gasteiger partial charge in [-0.05, 0) is 49.4 Å². The Morgan fingerprint density at radius 2 is 1.88 bits per heavy atom. The molecule has 2 aromatic carbocycles. The normalized spacial score (nSPS) is 13.8. The highest BCUT2D eigenvalue weighted by molar-refractivity contribution is 7.98. The molecule has 1 aromatic heterocycles.